The summed E-state index contributed by atoms with van der Waals surface area (Å²) in [7, 11) is 3.14. The zero-order valence-electron chi connectivity index (χ0n) is 12.4. The molecule has 5 heteroatoms. The van der Waals surface area contributed by atoms with Gasteiger partial charge < -0.3 is 19.3 Å². The molecule has 0 spiro atoms. The maximum absolute atomic E-state index is 9.58. The fraction of sp³-hybridized carbons (Fsp3) is 0.312. The van der Waals surface area contributed by atoms with Crippen molar-refractivity contribution < 1.29 is 19.3 Å². The van der Waals surface area contributed by atoms with Gasteiger partial charge in [0, 0.05) is 12.3 Å². The van der Waals surface area contributed by atoms with Crippen LogP contribution in [0.4, 0.5) is 0 Å². The molecule has 0 radical (unpaired) electrons. The van der Waals surface area contributed by atoms with E-state index < -0.39 is 6.10 Å². The second-order valence-electron chi connectivity index (χ2n) is 4.53. The Balaban J connectivity index is 2.15. The van der Waals surface area contributed by atoms with Crippen LogP contribution in [0, 0.1) is 0 Å². The van der Waals surface area contributed by atoms with Crippen molar-refractivity contribution in [3.63, 3.8) is 0 Å². The number of rotatable bonds is 6. The molecule has 1 atom stereocenters. The van der Waals surface area contributed by atoms with E-state index in [1.165, 1.54) is 0 Å². The molecule has 21 heavy (non-hydrogen) atoms. The first-order valence-corrected chi connectivity index (χ1v) is 6.62. The van der Waals surface area contributed by atoms with Gasteiger partial charge in [0.15, 0.2) is 11.5 Å². The number of benzene rings is 1. The van der Waals surface area contributed by atoms with Crippen molar-refractivity contribution in [1.29, 1.82) is 0 Å². The van der Waals surface area contributed by atoms with Crippen molar-refractivity contribution in [3.8, 4) is 17.2 Å². The molecular formula is C16H19NO4. The lowest BCUT2D eigenvalue weighted by molar-refractivity contribution is 0.198. The van der Waals surface area contributed by atoms with Crippen molar-refractivity contribution in [2.45, 2.75) is 19.6 Å². The van der Waals surface area contributed by atoms with Crippen molar-refractivity contribution >= 4 is 0 Å². The minimum Gasteiger partial charge on any atom is -0.493 e. The zero-order chi connectivity index (χ0) is 15.2. The van der Waals surface area contributed by atoms with Gasteiger partial charge in [0.1, 0.15) is 18.1 Å². The summed E-state index contributed by atoms with van der Waals surface area (Å²) in [6, 6.07) is 9.06. The second kappa shape index (κ2) is 6.95. The Hall–Kier alpha value is -2.27. The molecule has 1 N–H and O–H groups in total. The average molecular weight is 289 g/mol. The molecule has 0 amide bonds. The summed E-state index contributed by atoms with van der Waals surface area (Å²) in [6.45, 7) is 1.97. The van der Waals surface area contributed by atoms with Gasteiger partial charge in [0.05, 0.1) is 20.3 Å². The van der Waals surface area contributed by atoms with Gasteiger partial charge in [-0.25, -0.2) is 0 Å². The van der Waals surface area contributed by atoms with Crippen LogP contribution in [0.2, 0.25) is 0 Å². The number of aromatic nitrogens is 1. The Morgan fingerprint density at radius 2 is 2.00 bits per heavy atom. The van der Waals surface area contributed by atoms with Crippen LogP contribution in [0.1, 0.15) is 24.3 Å². The van der Waals surface area contributed by atoms with Gasteiger partial charge in [-0.3, -0.25) is 4.98 Å². The highest BCUT2D eigenvalue weighted by Gasteiger charge is 2.12. The van der Waals surface area contributed by atoms with E-state index in [9.17, 15) is 5.11 Å². The second-order valence-corrected chi connectivity index (χ2v) is 4.53. The van der Waals surface area contributed by atoms with Crippen LogP contribution in [-0.4, -0.2) is 24.3 Å². The number of aliphatic hydroxyl groups excluding tert-OH is 1. The van der Waals surface area contributed by atoms with Crippen molar-refractivity contribution in [3.05, 3.63) is 47.8 Å². The highest BCUT2D eigenvalue weighted by molar-refractivity contribution is 5.42. The SMILES string of the molecule is COc1ccnc(COc2cccc([C@@H](C)O)c2)c1OC. The van der Waals surface area contributed by atoms with E-state index in [-0.39, 0.29) is 6.61 Å². The fourth-order valence-electron chi connectivity index (χ4n) is 1.97. The van der Waals surface area contributed by atoms with Gasteiger partial charge in [0.2, 0.25) is 0 Å². The molecule has 0 aliphatic heterocycles. The van der Waals surface area contributed by atoms with E-state index in [1.54, 1.807) is 39.5 Å². The highest BCUT2D eigenvalue weighted by atomic mass is 16.5. The molecule has 1 aromatic carbocycles. The first-order chi connectivity index (χ1) is 10.2. The van der Waals surface area contributed by atoms with E-state index in [0.717, 1.165) is 5.56 Å². The number of hydrogen-bond donors (Lipinski definition) is 1. The maximum Gasteiger partial charge on any atom is 0.185 e. The number of aliphatic hydroxyl groups is 1. The molecule has 0 saturated heterocycles. The molecule has 0 aliphatic rings. The fourth-order valence-corrected chi connectivity index (χ4v) is 1.97. The summed E-state index contributed by atoms with van der Waals surface area (Å²) >= 11 is 0. The van der Waals surface area contributed by atoms with Crippen LogP contribution >= 0.6 is 0 Å². The Bertz CT molecular complexity index is 599. The van der Waals surface area contributed by atoms with E-state index >= 15 is 0 Å². The third-order valence-corrected chi connectivity index (χ3v) is 3.08. The monoisotopic (exact) mass is 289 g/mol. The molecular weight excluding hydrogens is 270 g/mol. The standard InChI is InChI=1S/C16H19NO4/c1-11(18)12-5-4-6-13(9-12)21-10-14-16(20-3)15(19-2)7-8-17-14/h4-9,11,18H,10H2,1-3H3/t11-/m1/s1. The minimum atomic E-state index is -0.530. The van der Waals surface area contributed by atoms with Gasteiger partial charge in [0.25, 0.3) is 0 Å². The summed E-state index contributed by atoms with van der Waals surface area (Å²) in [6.07, 6.45) is 1.12. The van der Waals surface area contributed by atoms with Gasteiger partial charge in [-0.15, -0.1) is 0 Å². The van der Waals surface area contributed by atoms with Crippen molar-refractivity contribution in [2.24, 2.45) is 0 Å². The molecule has 0 unspecified atom stereocenters. The predicted molar refractivity (Wildman–Crippen MR) is 78.7 cm³/mol. The van der Waals surface area contributed by atoms with E-state index in [4.69, 9.17) is 14.2 Å². The summed E-state index contributed by atoms with van der Waals surface area (Å²) in [5.74, 6) is 1.84. The quantitative estimate of drug-likeness (QED) is 0.886. The number of pyridine rings is 1. The lowest BCUT2D eigenvalue weighted by Gasteiger charge is -2.13. The molecule has 0 aliphatic carbocycles. The van der Waals surface area contributed by atoms with Crippen LogP contribution in [0.15, 0.2) is 36.5 Å². The predicted octanol–water partition coefficient (Wildman–Crippen LogP) is 2.73. The van der Waals surface area contributed by atoms with Gasteiger partial charge >= 0.3 is 0 Å². The van der Waals surface area contributed by atoms with E-state index in [0.29, 0.717) is 22.9 Å². The largest absolute Gasteiger partial charge is 0.493 e. The normalized spacial score (nSPS) is 11.8. The molecule has 0 fully saturated rings. The smallest absolute Gasteiger partial charge is 0.185 e. The van der Waals surface area contributed by atoms with Crippen LogP contribution < -0.4 is 14.2 Å². The van der Waals surface area contributed by atoms with E-state index in [2.05, 4.69) is 4.98 Å². The van der Waals surface area contributed by atoms with Gasteiger partial charge in [-0.05, 0) is 24.6 Å². The van der Waals surface area contributed by atoms with Crippen LogP contribution in [0.5, 0.6) is 17.2 Å². The topological polar surface area (TPSA) is 60.8 Å². The number of hydrogen-bond acceptors (Lipinski definition) is 5. The van der Waals surface area contributed by atoms with Gasteiger partial charge in [-0.1, -0.05) is 12.1 Å². The molecule has 5 nitrogen and oxygen atoms in total. The zero-order valence-corrected chi connectivity index (χ0v) is 12.4. The van der Waals surface area contributed by atoms with Crippen LogP contribution in [0.3, 0.4) is 0 Å². The maximum atomic E-state index is 9.58. The first-order valence-electron chi connectivity index (χ1n) is 6.62. The lowest BCUT2D eigenvalue weighted by Crippen LogP contribution is -2.03. The lowest BCUT2D eigenvalue weighted by atomic mass is 10.1. The summed E-state index contributed by atoms with van der Waals surface area (Å²) in [5, 5.41) is 9.58. The number of methoxy groups -OCH3 is 2. The molecule has 1 aromatic heterocycles. The van der Waals surface area contributed by atoms with Crippen molar-refractivity contribution in [2.75, 3.05) is 14.2 Å². The van der Waals surface area contributed by atoms with Crippen LogP contribution in [-0.2, 0) is 6.61 Å². The number of ether oxygens (including phenoxy) is 3. The van der Waals surface area contributed by atoms with E-state index in [1.807, 2.05) is 18.2 Å². The third-order valence-electron chi connectivity index (χ3n) is 3.08. The minimum absolute atomic E-state index is 0.254. The van der Waals surface area contributed by atoms with Crippen LogP contribution in [0.25, 0.3) is 0 Å². The molecule has 2 aromatic rings. The third kappa shape index (κ3) is 3.64. The molecule has 112 valence electrons. The Labute approximate surface area is 124 Å². The molecule has 1 heterocycles. The summed E-state index contributed by atoms with van der Waals surface area (Å²) < 4.78 is 16.3. The Morgan fingerprint density at radius 3 is 2.67 bits per heavy atom. The highest BCUT2D eigenvalue weighted by Crippen LogP contribution is 2.30. The van der Waals surface area contributed by atoms with Gasteiger partial charge in [-0.2, -0.15) is 0 Å². The molecule has 2 rings (SSSR count). The molecule has 0 bridgehead atoms. The summed E-state index contributed by atoms with van der Waals surface area (Å²) in [4.78, 5) is 4.25. The summed E-state index contributed by atoms with van der Waals surface area (Å²) in [5.41, 5.74) is 1.46. The Morgan fingerprint density at radius 1 is 1.19 bits per heavy atom. The first kappa shape index (κ1) is 15.1. The Kier molecular flexibility index (Phi) is 5.00. The van der Waals surface area contributed by atoms with Crippen molar-refractivity contribution in [1.82, 2.24) is 4.98 Å². The average Bonchev–Trinajstić information content (AvgIpc) is 2.52. The number of nitrogens with zero attached hydrogens (tertiary/aromatic N) is 1. The molecule has 0 saturated carbocycles.